The molecule has 36 heavy (non-hydrogen) atoms. The predicted molar refractivity (Wildman–Crippen MR) is 135 cm³/mol. The Morgan fingerprint density at radius 2 is 1.39 bits per heavy atom. The van der Waals surface area contributed by atoms with Crippen LogP contribution in [0, 0.1) is 10.1 Å². The number of nitrogens with zero attached hydrogens (tertiary/aromatic N) is 3. The lowest BCUT2D eigenvalue weighted by atomic mass is 10.1. The number of nitro groups is 1. The van der Waals surface area contributed by atoms with E-state index in [1.807, 2.05) is 30.3 Å². The van der Waals surface area contributed by atoms with Crippen molar-refractivity contribution in [3.8, 4) is 11.5 Å². The van der Waals surface area contributed by atoms with Gasteiger partial charge in [0.25, 0.3) is 11.6 Å². The van der Waals surface area contributed by atoms with Crippen molar-refractivity contribution >= 4 is 17.3 Å². The molecule has 5 rings (SSSR count). The second-order valence-corrected chi connectivity index (χ2v) is 8.96. The highest BCUT2D eigenvalue weighted by Crippen LogP contribution is 2.36. The smallest absolute Gasteiger partial charge is 0.286 e. The van der Waals surface area contributed by atoms with Gasteiger partial charge < -0.3 is 14.8 Å². The van der Waals surface area contributed by atoms with Crippen LogP contribution in [-0.2, 0) is 13.1 Å². The molecule has 0 spiro atoms. The monoisotopic (exact) mass is 488 g/mol. The molecule has 0 unspecified atom stereocenters. The largest absolute Gasteiger partial charge is 0.486 e. The summed E-state index contributed by atoms with van der Waals surface area (Å²) in [5, 5.41) is 14.3. The van der Waals surface area contributed by atoms with E-state index in [9.17, 15) is 14.9 Å². The Bertz CT molecular complexity index is 1220. The summed E-state index contributed by atoms with van der Waals surface area (Å²) in [6, 6.07) is 20.7. The Morgan fingerprint density at radius 3 is 1.97 bits per heavy atom. The molecule has 3 aromatic rings. The van der Waals surface area contributed by atoms with Gasteiger partial charge in [-0.1, -0.05) is 42.5 Å². The third-order valence-electron chi connectivity index (χ3n) is 6.43. The van der Waals surface area contributed by atoms with Gasteiger partial charge in [-0.15, -0.1) is 0 Å². The molecule has 0 saturated carbocycles. The molecule has 3 aromatic carbocycles. The number of hydrogen-bond donors (Lipinski definition) is 1. The van der Waals surface area contributed by atoms with E-state index in [0.29, 0.717) is 24.7 Å². The zero-order chi connectivity index (χ0) is 24.9. The van der Waals surface area contributed by atoms with Crippen LogP contribution in [0.3, 0.4) is 0 Å². The van der Waals surface area contributed by atoms with Gasteiger partial charge in [-0.05, 0) is 23.3 Å². The van der Waals surface area contributed by atoms with Crippen LogP contribution in [0.1, 0.15) is 21.5 Å². The normalized spacial score (nSPS) is 15.9. The van der Waals surface area contributed by atoms with Gasteiger partial charge >= 0.3 is 0 Å². The van der Waals surface area contributed by atoms with Crippen LogP contribution >= 0.6 is 0 Å². The fourth-order valence-electron chi connectivity index (χ4n) is 4.51. The van der Waals surface area contributed by atoms with Crippen LogP contribution < -0.4 is 14.8 Å². The van der Waals surface area contributed by atoms with E-state index in [2.05, 4.69) is 39.4 Å². The molecule has 2 aliphatic heterocycles. The first-order valence-corrected chi connectivity index (χ1v) is 12.0. The number of nitro benzene ring substituents is 1. The van der Waals surface area contributed by atoms with Crippen molar-refractivity contribution in [3.63, 3.8) is 0 Å². The summed E-state index contributed by atoms with van der Waals surface area (Å²) in [5.74, 6) is 0.0342. The van der Waals surface area contributed by atoms with Crippen molar-refractivity contribution in [2.24, 2.45) is 0 Å². The van der Waals surface area contributed by atoms with Crippen molar-refractivity contribution in [2.45, 2.75) is 13.1 Å². The highest BCUT2D eigenvalue weighted by Gasteiger charge is 2.26. The van der Waals surface area contributed by atoms with E-state index in [0.717, 1.165) is 44.8 Å². The molecule has 0 atom stereocenters. The number of nitrogens with one attached hydrogen (secondary N) is 1. The number of hydrogen-bond acceptors (Lipinski definition) is 7. The maximum Gasteiger partial charge on any atom is 0.286 e. The summed E-state index contributed by atoms with van der Waals surface area (Å²) in [7, 11) is 0. The van der Waals surface area contributed by atoms with E-state index in [4.69, 9.17) is 9.47 Å². The van der Waals surface area contributed by atoms with Gasteiger partial charge in [0.1, 0.15) is 18.8 Å². The number of carbonyl (C=O) groups excluding carboxylic acids is 1. The fourth-order valence-corrected chi connectivity index (χ4v) is 4.51. The number of rotatable bonds is 7. The molecule has 2 aliphatic rings. The second-order valence-electron chi connectivity index (χ2n) is 8.96. The molecule has 1 amide bonds. The lowest BCUT2D eigenvalue weighted by molar-refractivity contribution is -0.385. The first-order valence-electron chi connectivity index (χ1n) is 12.0. The zero-order valence-electron chi connectivity index (χ0n) is 19.9. The number of benzene rings is 3. The van der Waals surface area contributed by atoms with Crippen LogP contribution in [0.4, 0.5) is 11.4 Å². The molecule has 0 bridgehead atoms. The van der Waals surface area contributed by atoms with E-state index in [1.165, 1.54) is 17.7 Å². The van der Waals surface area contributed by atoms with E-state index in [1.54, 1.807) is 0 Å². The molecule has 2 heterocycles. The number of fused-ring (bicyclic) bond motifs is 1. The Morgan fingerprint density at radius 1 is 0.833 bits per heavy atom. The Kier molecular flexibility index (Phi) is 7.11. The van der Waals surface area contributed by atoms with Gasteiger partial charge in [0.2, 0.25) is 0 Å². The summed E-state index contributed by atoms with van der Waals surface area (Å²) in [4.78, 5) is 28.7. The minimum atomic E-state index is -0.587. The van der Waals surface area contributed by atoms with Crippen molar-refractivity contribution < 1.29 is 19.2 Å². The number of amides is 1. The van der Waals surface area contributed by atoms with Crippen LogP contribution in [0.15, 0.2) is 66.7 Å². The molecule has 1 saturated heterocycles. The highest BCUT2D eigenvalue weighted by atomic mass is 16.6. The van der Waals surface area contributed by atoms with Crippen LogP contribution in [0.25, 0.3) is 0 Å². The molecule has 1 N–H and O–H groups in total. The average molecular weight is 489 g/mol. The van der Waals surface area contributed by atoms with E-state index in [-0.39, 0.29) is 17.0 Å². The van der Waals surface area contributed by atoms with Gasteiger partial charge in [0.15, 0.2) is 11.5 Å². The molecule has 0 radical (unpaired) electrons. The first kappa shape index (κ1) is 23.8. The third-order valence-corrected chi connectivity index (χ3v) is 6.43. The summed E-state index contributed by atoms with van der Waals surface area (Å²) < 4.78 is 10.9. The molecule has 9 nitrogen and oxygen atoms in total. The van der Waals surface area contributed by atoms with Gasteiger partial charge in [-0.3, -0.25) is 24.7 Å². The average Bonchev–Trinajstić information content (AvgIpc) is 2.90. The zero-order valence-corrected chi connectivity index (χ0v) is 19.9. The highest BCUT2D eigenvalue weighted by molar-refractivity contribution is 6.07. The van der Waals surface area contributed by atoms with Crippen molar-refractivity contribution in [3.05, 3.63) is 93.5 Å². The number of carbonyl (C=O) groups is 1. The van der Waals surface area contributed by atoms with E-state index >= 15 is 0 Å². The first-order chi connectivity index (χ1) is 17.5. The number of anilines is 1. The summed E-state index contributed by atoms with van der Waals surface area (Å²) in [5.41, 5.74) is 2.67. The quantitative estimate of drug-likeness (QED) is 0.397. The topological polar surface area (TPSA) is 97.2 Å². The number of piperazine rings is 1. The van der Waals surface area contributed by atoms with Gasteiger partial charge in [0, 0.05) is 51.0 Å². The summed E-state index contributed by atoms with van der Waals surface area (Å²) in [6.45, 7) is 6.50. The van der Waals surface area contributed by atoms with E-state index < -0.39 is 10.8 Å². The maximum absolute atomic E-state index is 12.9. The SMILES string of the molecule is O=C(Nc1ccc(CN2CCN(Cc3ccccc3)CC2)cc1)c1cc2c(cc1[N+](=O)[O-])OCCO2. The number of ether oxygens (including phenoxy) is 2. The third kappa shape index (κ3) is 5.64. The van der Waals surface area contributed by atoms with Crippen LogP contribution in [0.5, 0.6) is 11.5 Å². The standard InChI is InChI=1S/C27H28N4O5/c32-27(23-16-25-26(36-15-14-35-25)17-24(23)31(33)34)28-22-8-6-21(7-9-22)19-30-12-10-29(11-13-30)18-20-4-2-1-3-5-20/h1-9,16-17H,10-15,18-19H2,(H,28,32). The lowest BCUT2D eigenvalue weighted by Crippen LogP contribution is -2.45. The summed E-state index contributed by atoms with van der Waals surface area (Å²) >= 11 is 0. The predicted octanol–water partition coefficient (Wildman–Crippen LogP) is 3.94. The molecule has 0 aliphatic carbocycles. The van der Waals surface area contributed by atoms with Gasteiger partial charge in [0.05, 0.1) is 11.0 Å². The van der Waals surface area contributed by atoms with Gasteiger partial charge in [-0.25, -0.2) is 0 Å². The van der Waals surface area contributed by atoms with Crippen LogP contribution in [0.2, 0.25) is 0 Å². The van der Waals surface area contributed by atoms with Gasteiger partial charge in [-0.2, -0.15) is 0 Å². The molecule has 1 fully saturated rings. The lowest BCUT2D eigenvalue weighted by Gasteiger charge is -2.34. The fraction of sp³-hybridized carbons (Fsp3) is 0.296. The Labute approximate surface area is 209 Å². The van der Waals surface area contributed by atoms with Crippen molar-refractivity contribution in [1.29, 1.82) is 0 Å². The Hall–Kier alpha value is -3.95. The van der Waals surface area contributed by atoms with Crippen LogP contribution in [-0.4, -0.2) is 60.0 Å². The minimum absolute atomic E-state index is 0.0679. The molecular weight excluding hydrogens is 460 g/mol. The molecule has 0 aromatic heterocycles. The second kappa shape index (κ2) is 10.8. The Balaban J connectivity index is 1.17. The van der Waals surface area contributed by atoms with Crippen molar-refractivity contribution in [2.75, 3.05) is 44.7 Å². The minimum Gasteiger partial charge on any atom is -0.486 e. The molecule has 186 valence electrons. The summed E-state index contributed by atoms with van der Waals surface area (Å²) in [6.07, 6.45) is 0. The molecular formula is C27H28N4O5. The molecule has 9 heteroatoms. The van der Waals surface area contributed by atoms with Crippen molar-refractivity contribution in [1.82, 2.24) is 9.80 Å². The maximum atomic E-state index is 12.9.